The topological polar surface area (TPSA) is 0 Å². The van der Waals surface area contributed by atoms with E-state index in [1.165, 1.54) is 6.07 Å². The highest BCUT2D eigenvalue weighted by Gasteiger charge is 2.16. The van der Waals surface area contributed by atoms with Gasteiger partial charge in [-0.2, -0.15) is 0 Å². The van der Waals surface area contributed by atoms with Crippen LogP contribution < -0.4 is 0 Å². The molecule has 0 radical (unpaired) electrons. The first-order valence-corrected chi connectivity index (χ1v) is 7.59. The number of rotatable bonds is 4. The standard InChI is InChI=1S/C19H22F2/c1-5-13-10-15(11-14(6-2)19(13)21)16-8-7-9-17(20)18(16)12(3)4/h7-12H,5-6H2,1-4H3. The summed E-state index contributed by atoms with van der Waals surface area (Å²) in [6, 6.07) is 8.84. The predicted octanol–water partition coefficient (Wildman–Crippen LogP) is 5.88. The molecule has 0 atom stereocenters. The van der Waals surface area contributed by atoms with Crippen LogP contribution in [0.15, 0.2) is 30.3 Å². The van der Waals surface area contributed by atoms with E-state index in [4.69, 9.17) is 0 Å². The van der Waals surface area contributed by atoms with Crippen molar-refractivity contribution in [2.24, 2.45) is 0 Å². The molecule has 0 fully saturated rings. The van der Waals surface area contributed by atoms with Gasteiger partial charge in [0.05, 0.1) is 0 Å². The van der Waals surface area contributed by atoms with Gasteiger partial charge in [-0.1, -0.05) is 39.8 Å². The average Bonchev–Trinajstić information content (AvgIpc) is 2.46. The Morgan fingerprint density at radius 2 is 1.52 bits per heavy atom. The van der Waals surface area contributed by atoms with Crippen LogP contribution in [0.4, 0.5) is 8.78 Å². The summed E-state index contributed by atoms with van der Waals surface area (Å²) in [6.45, 7) is 7.84. The lowest BCUT2D eigenvalue weighted by Crippen LogP contribution is -2.00. The van der Waals surface area contributed by atoms with E-state index < -0.39 is 0 Å². The Morgan fingerprint density at radius 3 is 2.00 bits per heavy atom. The second-order valence-corrected chi connectivity index (χ2v) is 5.67. The fraction of sp³-hybridized carbons (Fsp3) is 0.368. The van der Waals surface area contributed by atoms with Crippen LogP contribution >= 0.6 is 0 Å². The van der Waals surface area contributed by atoms with Crippen LogP contribution in [0.5, 0.6) is 0 Å². The van der Waals surface area contributed by atoms with Gasteiger partial charge in [0.1, 0.15) is 11.6 Å². The van der Waals surface area contributed by atoms with Gasteiger partial charge in [0, 0.05) is 0 Å². The Morgan fingerprint density at radius 1 is 0.952 bits per heavy atom. The first-order valence-electron chi connectivity index (χ1n) is 7.59. The summed E-state index contributed by atoms with van der Waals surface area (Å²) < 4.78 is 28.4. The molecule has 0 aliphatic carbocycles. The van der Waals surface area contributed by atoms with Gasteiger partial charge >= 0.3 is 0 Å². The van der Waals surface area contributed by atoms with Gasteiger partial charge in [0.15, 0.2) is 0 Å². The molecule has 0 saturated carbocycles. The van der Waals surface area contributed by atoms with E-state index in [2.05, 4.69) is 0 Å². The molecule has 2 aromatic rings. The molecule has 0 amide bonds. The van der Waals surface area contributed by atoms with Gasteiger partial charge in [-0.05, 0) is 64.8 Å². The first kappa shape index (κ1) is 15.7. The lowest BCUT2D eigenvalue weighted by atomic mass is 9.89. The lowest BCUT2D eigenvalue weighted by molar-refractivity contribution is 0.596. The Bertz CT molecular complexity index is 617. The van der Waals surface area contributed by atoms with E-state index in [0.29, 0.717) is 29.5 Å². The molecule has 0 aliphatic heterocycles. The molecular formula is C19H22F2. The molecule has 0 aliphatic rings. The van der Waals surface area contributed by atoms with Crippen LogP contribution in [-0.2, 0) is 12.8 Å². The van der Waals surface area contributed by atoms with Crippen LogP contribution in [-0.4, -0.2) is 0 Å². The predicted molar refractivity (Wildman–Crippen MR) is 84.6 cm³/mol. The maximum atomic E-state index is 14.2. The summed E-state index contributed by atoms with van der Waals surface area (Å²) >= 11 is 0. The Kier molecular flexibility index (Phi) is 4.76. The molecule has 0 aromatic heterocycles. The maximum absolute atomic E-state index is 14.2. The molecular weight excluding hydrogens is 266 g/mol. The molecule has 0 N–H and O–H groups in total. The van der Waals surface area contributed by atoms with E-state index in [0.717, 1.165) is 11.1 Å². The highest BCUT2D eigenvalue weighted by Crippen LogP contribution is 2.33. The van der Waals surface area contributed by atoms with E-state index in [1.807, 2.05) is 45.9 Å². The molecule has 0 nitrogen and oxygen atoms in total. The summed E-state index contributed by atoms with van der Waals surface area (Å²) in [6.07, 6.45) is 1.28. The summed E-state index contributed by atoms with van der Waals surface area (Å²) in [4.78, 5) is 0. The highest BCUT2D eigenvalue weighted by molar-refractivity contribution is 5.70. The molecule has 0 saturated heterocycles. The Balaban J connectivity index is 2.70. The Hall–Kier alpha value is -1.70. The third kappa shape index (κ3) is 2.99. The summed E-state index contributed by atoms with van der Waals surface area (Å²) in [7, 11) is 0. The van der Waals surface area contributed by atoms with Gasteiger partial charge in [0.25, 0.3) is 0 Å². The van der Waals surface area contributed by atoms with Crippen LogP contribution in [0.25, 0.3) is 11.1 Å². The van der Waals surface area contributed by atoms with Crippen molar-refractivity contribution in [3.05, 3.63) is 58.7 Å². The molecule has 2 rings (SSSR count). The van der Waals surface area contributed by atoms with Crippen molar-refractivity contribution in [3.8, 4) is 11.1 Å². The number of hydrogen-bond donors (Lipinski definition) is 0. The largest absolute Gasteiger partial charge is 0.207 e. The minimum atomic E-state index is -0.192. The van der Waals surface area contributed by atoms with Crippen molar-refractivity contribution in [1.82, 2.24) is 0 Å². The molecule has 0 heterocycles. The number of aryl methyl sites for hydroxylation is 2. The normalized spacial score (nSPS) is 11.2. The molecule has 112 valence electrons. The molecule has 0 bridgehead atoms. The zero-order chi connectivity index (χ0) is 15.6. The monoisotopic (exact) mass is 288 g/mol. The van der Waals surface area contributed by atoms with Crippen LogP contribution in [0, 0.1) is 11.6 Å². The van der Waals surface area contributed by atoms with Gasteiger partial charge in [0.2, 0.25) is 0 Å². The van der Waals surface area contributed by atoms with Crippen molar-refractivity contribution in [2.75, 3.05) is 0 Å². The number of benzene rings is 2. The third-order valence-electron chi connectivity index (χ3n) is 3.93. The second-order valence-electron chi connectivity index (χ2n) is 5.67. The van der Waals surface area contributed by atoms with Crippen molar-refractivity contribution in [2.45, 2.75) is 46.5 Å². The second kappa shape index (κ2) is 6.38. The van der Waals surface area contributed by atoms with Gasteiger partial charge in [-0.3, -0.25) is 0 Å². The average molecular weight is 288 g/mol. The molecule has 21 heavy (non-hydrogen) atoms. The van der Waals surface area contributed by atoms with E-state index >= 15 is 0 Å². The summed E-state index contributed by atoms with van der Waals surface area (Å²) in [5.74, 6) is -0.226. The fourth-order valence-electron chi connectivity index (χ4n) is 2.80. The number of halogens is 2. The van der Waals surface area contributed by atoms with Crippen LogP contribution in [0.1, 0.15) is 50.3 Å². The summed E-state index contributed by atoms with van der Waals surface area (Å²) in [5, 5.41) is 0. The zero-order valence-corrected chi connectivity index (χ0v) is 13.1. The van der Waals surface area contributed by atoms with Crippen molar-refractivity contribution < 1.29 is 8.78 Å². The fourth-order valence-corrected chi connectivity index (χ4v) is 2.80. The zero-order valence-electron chi connectivity index (χ0n) is 13.1. The van der Waals surface area contributed by atoms with Gasteiger partial charge in [-0.15, -0.1) is 0 Å². The van der Waals surface area contributed by atoms with E-state index in [9.17, 15) is 8.78 Å². The summed E-state index contributed by atoms with van der Waals surface area (Å²) in [5.41, 5.74) is 3.88. The first-order chi connectivity index (χ1) is 9.99. The maximum Gasteiger partial charge on any atom is 0.129 e. The molecule has 0 spiro atoms. The Labute approximate surface area is 125 Å². The van der Waals surface area contributed by atoms with Crippen molar-refractivity contribution >= 4 is 0 Å². The van der Waals surface area contributed by atoms with Crippen LogP contribution in [0.3, 0.4) is 0 Å². The van der Waals surface area contributed by atoms with Crippen molar-refractivity contribution in [1.29, 1.82) is 0 Å². The molecule has 2 aromatic carbocycles. The van der Waals surface area contributed by atoms with Gasteiger partial charge in [-0.25, -0.2) is 8.78 Å². The minimum Gasteiger partial charge on any atom is -0.207 e. The minimum absolute atomic E-state index is 0.0846. The smallest absolute Gasteiger partial charge is 0.129 e. The third-order valence-corrected chi connectivity index (χ3v) is 3.93. The molecule has 2 heteroatoms. The van der Waals surface area contributed by atoms with E-state index in [-0.39, 0.29) is 17.6 Å². The van der Waals surface area contributed by atoms with Gasteiger partial charge < -0.3 is 0 Å². The number of hydrogen-bond acceptors (Lipinski definition) is 0. The van der Waals surface area contributed by atoms with E-state index in [1.54, 1.807) is 6.07 Å². The lowest BCUT2D eigenvalue weighted by Gasteiger charge is -2.16. The SMILES string of the molecule is CCc1cc(-c2cccc(F)c2C(C)C)cc(CC)c1F. The van der Waals surface area contributed by atoms with Crippen molar-refractivity contribution in [3.63, 3.8) is 0 Å². The molecule has 0 unspecified atom stereocenters. The quantitative estimate of drug-likeness (QED) is 0.659. The van der Waals surface area contributed by atoms with Crippen LogP contribution in [0.2, 0.25) is 0 Å². The highest BCUT2D eigenvalue weighted by atomic mass is 19.1.